The van der Waals surface area contributed by atoms with E-state index < -0.39 is 0 Å². The number of likely N-dealkylation sites (tertiary alicyclic amines) is 1. The Hall–Kier alpha value is -2.60. The number of aryl methyl sites for hydroxylation is 1. The van der Waals surface area contributed by atoms with E-state index in [0.29, 0.717) is 13.0 Å². The highest BCUT2D eigenvalue weighted by Crippen LogP contribution is 2.25. The molecule has 134 valence electrons. The Labute approximate surface area is 156 Å². The normalized spacial score (nSPS) is 17.0. The smallest absolute Gasteiger partial charge is 0.227 e. The van der Waals surface area contributed by atoms with E-state index in [4.69, 9.17) is 0 Å². The predicted octanol–water partition coefficient (Wildman–Crippen LogP) is 3.57. The fraction of sp³-hybridized carbons (Fsp3) is 0.300. The molecule has 3 heterocycles. The Morgan fingerprint density at radius 2 is 2.15 bits per heavy atom. The summed E-state index contributed by atoms with van der Waals surface area (Å²) in [4.78, 5) is 19.1. The lowest BCUT2D eigenvalue weighted by atomic mass is 10.1. The summed E-state index contributed by atoms with van der Waals surface area (Å²) in [5.41, 5.74) is 3.16. The van der Waals surface area contributed by atoms with Gasteiger partial charge in [0.2, 0.25) is 5.91 Å². The largest absolute Gasteiger partial charge is 0.508 e. The lowest BCUT2D eigenvalue weighted by Crippen LogP contribution is -2.32. The molecule has 0 unspecified atom stereocenters. The highest BCUT2D eigenvalue weighted by atomic mass is 32.1. The molecule has 1 saturated heterocycles. The van der Waals surface area contributed by atoms with Crippen LogP contribution in [0, 0.1) is 6.92 Å². The van der Waals surface area contributed by atoms with Crippen molar-refractivity contribution in [1.82, 2.24) is 9.88 Å². The minimum absolute atomic E-state index is 0.123. The fourth-order valence-electron chi connectivity index (χ4n) is 3.40. The molecular formula is C20H21N3O2S. The molecule has 5 nitrogen and oxygen atoms in total. The number of aromatic nitrogens is 1. The van der Waals surface area contributed by atoms with Crippen LogP contribution < -0.4 is 5.32 Å². The summed E-state index contributed by atoms with van der Waals surface area (Å²) in [6, 6.07) is 9.12. The van der Waals surface area contributed by atoms with E-state index in [0.717, 1.165) is 29.9 Å². The third-order valence-electron chi connectivity index (χ3n) is 4.85. The predicted molar refractivity (Wildman–Crippen MR) is 105 cm³/mol. The van der Waals surface area contributed by atoms with Gasteiger partial charge >= 0.3 is 0 Å². The van der Waals surface area contributed by atoms with Crippen molar-refractivity contribution < 1.29 is 9.90 Å². The van der Waals surface area contributed by atoms with Gasteiger partial charge in [-0.2, -0.15) is 0 Å². The molecule has 4 rings (SSSR count). The first kappa shape index (κ1) is 16.8. The Kier molecular flexibility index (Phi) is 4.51. The lowest BCUT2D eigenvalue weighted by molar-refractivity contribution is -0.129. The molecule has 1 aromatic carbocycles. The molecule has 1 aliphatic rings. The van der Waals surface area contributed by atoms with Gasteiger partial charge < -0.3 is 15.3 Å². The van der Waals surface area contributed by atoms with Crippen LogP contribution in [0.3, 0.4) is 0 Å². The molecular weight excluding hydrogens is 346 g/mol. The van der Waals surface area contributed by atoms with Crippen LogP contribution in [0.25, 0.3) is 10.9 Å². The van der Waals surface area contributed by atoms with Crippen LogP contribution in [0.1, 0.15) is 17.5 Å². The fourth-order valence-corrected chi connectivity index (χ4v) is 4.22. The molecule has 1 fully saturated rings. The summed E-state index contributed by atoms with van der Waals surface area (Å²) >= 11 is 1.67. The molecule has 0 aliphatic carbocycles. The highest BCUT2D eigenvalue weighted by Gasteiger charge is 2.26. The number of thiophene rings is 1. The molecule has 0 spiro atoms. The summed E-state index contributed by atoms with van der Waals surface area (Å²) < 4.78 is 0. The van der Waals surface area contributed by atoms with Gasteiger partial charge in [0.15, 0.2) is 0 Å². The van der Waals surface area contributed by atoms with Crippen molar-refractivity contribution in [1.29, 1.82) is 0 Å². The number of hydrogen-bond donors (Lipinski definition) is 2. The van der Waals surface area contributed by atoms with Crippen molar-refractivity contribution in [3.05, 3.63) is 52.2 Å². The van der Waals surface area contributed by atoms with Crippen molar-refractivity contribution in [2.45, 2.75) is 25.8 Å². The van der Waals surface area contributed by atoms with Crippen LogP contribution in [-0.4, -0.2) is 40.0 Å². The summed E-state index contributed by atoms with van der Waals surface area (Å²) in [5.74, 6) is 1.22. The van der Waals surface area contributed by atoms with Crippen LogP contribution in [0.2, 0.25) is 0 Å². The second-order valence-corrected chi connectivity index (χ2v) is 7.55. The molecule has 0 bridgehead atoms. The van der Waals surface area contributed by atoms with Gasteiger partial charge in [0.05, 0.1) is 11.9 Å². The molecule has 26 heavy (non-hydrogen) atoms. The number of carbonyl (C=O) groups excluding carboxylic acids is 1. The summed E-state index contributed by atoms with van der Waals surface area (Å²) in [7, 11) is 0. The standard InChI is InChI=1S/C20H21N3O2S/c1-13-8-19(22-18-12-26-11-17(13)18)21-15-6-7-23(10-15)20(25)9-14-2-4-16(24)5-3-14/h2-5,8,11-12,15,24H,6-7,9-10H2,1H3,(H,21,22)/t15-/m0/s1. The Morgan fingerprint density at radius 3 is 2.96 bits per heavy atom. The second kappa shape index (κ2) is 6.96. The minimum atomic E-state index is 0.123. The van der Waals surface area contributed by atoms with Gasteiger partial charge in [-0.15, -0.1) is 11.3 Å². The zero-order valence-electron chi connectivity index (χ0n) is 14.6. The number of amides is 1. The molecule has 3 aromatic rings. The van der Waals surface area contributed by atoms with E-state index in [1.807, 2.05) is 4.90 Å². The Balaban J connectivity index is 1.38. The Morgan fingerprint density at radius 1 is 1.35 bits per heavy atom. The zero-order valence-corrected chi connectivity index (χ0v) is 15.4. The molecule has 6 heteroatoms. The van der Waals surface area contributed by atoms with E-state index in [9.17, 15) is 9.90 Å². The first-order valence-corrected chi connectivity index (χ1v) is 9.68. The third kappa shape index (κ3) is 3.51. The van der Waals surface area contributed by atoms with Crippen molar-refractivity contribution in [3.63, 3.8) is 0 Å². The second-order valence-electron chi connectivity index (χ2n) is 6.81. The number of anilines is 1. The van der Waals surface area contributed by atoms with E-state index >= 15 is 0 Å². The number of fused-ring (bicyclic) bond motifs is 1. The molecule has 2 aromatic heterocycles. The maximum atomic E-state index is 12.5. The minimum Gasteiger partial charge on any atom is -0.508 e. The number of nitrogens with one attached hydrogen (secondary N) is 1. The molecule has 1 atom stereocenters. The number of phenols is 1. The van der Waals surface area contributed by atoms with Crippen LogP contribution in [-0.2, 0) is 11.2 Å². The van der Waals surface area contributed by atoms with Gasteiger partial charge in [-0.05, 0) is 42.7 Å². The van der Waals surface area contributed by atoms with Crippen LogP contribution in [0.15, 0.2) is 41.1 Å². The van der Waals surface area contributed by atoms with Crippen molar-refractivity contribution in [2.24, 2.45) is 0 Å². The molecule has 0 saturated carbocycles. The highest BCUT2D eigenvalue weighted by molar-refractivity contribution is 7.09. The number of aromatic hydroxyl groups is 1. The van der Waals surface area contributed by atoms with Gasteiger partial charge in [-0.3, -0.25) is 4.79 Å². The lowest BCUT2D eigenvalue weighted by Gasteiger charge is -2.18. The average molecular weight is 367 g/mol. The quantitative estimate of drug-likeness (QED) is 0.740. The monoisotopic (exact) mass is 367 g/mol. The topological polar surface area (TPSA) is 65.5 Å². The van der Waals surface area contributed by atoms with Crippen LogP contribution in [0.5, 0.6) is 5.75 Å². The van der Waals surface area contributed by atoms with E-state index in [-0.39, 0.29) is 17.7 Å². The van der Waals surface area contributed by atoms with Crippen LogP contribution >= 0.6 is 11.3 Å². The number of pyridine rings is 1. The molecule has 1 aliphatic heterocycles. The number of phenolic OH excluding ortho intramolecular Hbond substituents is 1. The summed E-state index contributed by atoms with van der Waals surface area (Å²) in [6.07, 6.45) is 1.29. The van der Waals surface area contributed by atoms with Gasteiger partial charge in [0.25, 0.3) is 0 Å². The summed E-state index contributed by atoms with van der Waals surface area (Å²) in [6.45, 7) is 3.55. The van der Waals surface area contributed by atoms with Crippen LogP contribution in [0.4, 0.5) is 5.82 Å². The SMILES string of the molecule is Cc1cc(N[C@H]2CCN(C(=O)Cc3ccc(O)cc3)C2)nc2cscc12. The number of carbonyl (C=O) groups is 1. The maximum absolute atomic E-state index is 12.5. The van der Waals surface area contributed by atoms with E-state index in [1.54, 1.807) is 35.6 Å². The third-order valence-corrected chi connectivity index (χ3v) is 5.58. The summed E-state index contributed by atoms with van der Waals surface area (Å²) in [5, 5.41) is 18.2. The molecule has 0 radical (unpaired) electrons. The van der Waals surface area contributed by atoms with Gasteiger partial charge in [-0.25, -0.2) is 4.98 Å². The number of rotatable bonds is 4. The van der Waals surface area contributed by atoms with Gasteiger partial charge in [0, 0.05) is 35.3 Å². The van der Waals surface area contributed by atoms with Crippen molar-refractivity contribution in [2.75, 3.05) is 18.4 Å². The number of benzene rings is 1. The van der Waals surface area contributed by atoms with E-state index in [1.165, 1.54) is 10.9 Å². The van der Waals surface area contributed by atoms with Crippen molar-refractivity contribution in [3.8, 4) is 5.75 Å². The number of nitrogens with zero attached hydrogens (tertiary/aromatic N) is 2. The number of hydrogen-bond acceptors (Lipinski definition) is 5. The maximum Gasteiger partial charge on any atom is 0.227 e. The molecule has 2 N–H and O–H groups in total. The van der Waals surface area contributed by atoms with E-state index in [2.05, 4.69) is 34.1 Å². The Bertz CT molecular complexity index is 936. The van der Waals surface area contributed by atoms with Gasteiger partial charge in [-0.1, -0.05) is 12.1 Å². The van der Waals surface area contributed by atoms with Gasteiger partial charge in [0.1, 0.15) is 11.6 Å². The average Bonchev–Trinajstić information content (AvgIpc) is 3.26. The first-order valence-electron chi connectivity index (χ1n) is 8.74. The first-order chi connectivity index (χ1) is 12.6. The zero-order chi connectivity index (χ0) is 18.1. The van der Waals surface area contributed by atoms with Crippen molar-refractivity contribution >= 4 is 34.0 Å². The molecule has 1 amide bonds.